The number of benzene rings is 2. The Hall–Kier alpha value is -4.27. The van der Waals surface area contributed by atoms with Gasteiger partial charge < -0.3 is 24.5 Å². The summed E-state index contributed by atoms with van der Waals surface area (Å²) < 4.78 is 15.3. The Morgan fingerprint density at radius 3 is 2.73 bits per heavy atom. The Bertz CT molecular complexity index is 1210. The normalized spacial score (nSPS) is 13.7. The van der Waals surface area contributed by atoms with Crippen LogP contribution in [0.2, 0.25) is 0 Å². The molecule has 1 aliphatic heterocycles. The van der Waals surface area contributed by atoms with E-state index >= 15 is 0 Å². The minimum atomic E-state index is -0.895. The average Bonchev–Trinajstić information content (AvgIpc) is 3.28. The topological polar surface area (TPSA) is 119 Å². The van der Waals surface area contributed by atoms with Gasteiger partial charge in [-0.2, -0.15) is 0 Å². The number of urea groups is 1. The maximum atomic E-state index is 12.8. The molecule has 4 rings (SSSR count). The van der Waals surface area contributed by atoms with Gasteiger partial charge in [-0.1, -0.05) is 0 Å². The van der Waals surface area contributed by atoms with Crippen LogP contribution >= 0.6 is 0 Å². The molecule has 3 aromatic rings. The van der Waals surface area contributed by atoms with E-state index in [0.717, 1.165) is 23.6 Å². The van der Waals surface area contributed by atoms with Crippen molar-refractivity contribution in [1.82, 2.24) is 10.3 Å². The van der Waals surface area contributed by atoms with Gasteiger partial charge in [0.05, 0.1) is 19.8 Å². The maximum absolute atomic E-state index is 12.8. The predicted molar refractivity (Wildman–Crippen MR) is 109 cm³/mol. The van der Waals surface area contributed by atoms with Crippen molar-refractivity contribution in [2.24, 2.45) is 0 Å². The van der Waals surface area contributed by atoms with E-state index < -0.39 is 12.1 Å². The summed E-state index contributed by atoms with van der Waals surface area (Å²) in [6, 6.07) is 9.42. The summed E-state index contributed by atoms with van der Waals surface area (Å²) in [5.74, 6) is 0.913. The molecule has 1 aliphatic rings. The number of amides is 3. The van der Waals surface area contributed by atoms with Gasteiger partial charge >= 0.3 is 12.1 Å². The number of anilines is 1. The largest absolute Gasteiger partial charge is 0.497 e. The monoisotopic (exact) mass is 407 g/mol. The number of fused-ring (bicyclic) bond motifs is 2. The molecule has 3 amide bonds. The molecule has 2 heterocycles. The number of Topliss-reactive ketones (excluding diaryl/α,β-unsaturated/α-hetero) is 1. The van der Waals surface area contributed by atoms with Gasteiger partial charge in [-0.05, 0) is 42.5 Å². The van der Waals surface area contributed by atoms with Gasteiger partial charge in [0, 0.05) is 28.4 Å². The Morgan fingerprint density at radius 2 is 1.97 bits per heavy atom. The van der Waals surface area contributed by atoms with Gasteiger partial charge in [0.2, 0.25) is 5.78 Å². The van der Waals surface area contributed by atoms with Crippen molar-refractivity contribution in [1.29, 1.82) is 0 Å². The van der Waals surface area contributed by atoms with Crippen LogP contribution in [0.15, 0.2) is 48.4 Å². The molecule has 1 aromatic heterocycles. The third-order valence-electron chi connectivity index (χ3n) is 4.53. The second-order valence-electron chi connectivity index (χ2n) is 6.38. The molecule has 30 heavy (non-hydrogen) atoms. The number of allylic oxidation sites excluding steroid dienone is 1. The standard InChI is InChI=1S/C21H17N3O6/c1-28-13-4-5-16-14(9-13)11(10-22-16)7-18-19(25)15-8-12(3-6-17(15)30-18)23-20(26)24-21(27)29-2/h3-10,22H,1-2H3,(H2,23,24,26,27)/b18-7-. The summed E-state index contributed by atoms with van der Waals surface area (Å²) in [6.07, 6.45) is 2.53. The van der Waals surface area contributed by atoms with Gasteiger partial charge in [-0.25, -0.2) is 14.9 Å². The van der Waals surface area contributed by atoms with Crippen LogP contribution in [-0.2, 0) is 4.74 Å². The minimum Gasteiger partial charge on any atom is -0.497 e. The number of ether oxygens (including phenoxy) is 3. The fraction of sp³-hybridized carbons (Fsp3) is 0.0952. The first-order chi connectivity index (χ1) is 14.5. The van der Waals surface area contributed by atoms with E-state index in [2.05, 4.69) is 15.0 Å². The molecule has 0 bridgehead atoms. The lowest BCUT2D eigenvalue weighted by atomic mass is 10.1. The van der Waals surface area contributed by atoms with Crippen LogP contribution in [0.4, 0.5) is 15.3 Å². The summed E-state index contributed by atoms with van der Waals surface area (Å²) in [7, 11) is 2.73. The molecule has 9 heteroatoms. The quantitative estimate of drug-likeness (QED) is 0.570. The van der Waals surface area contributed by atoms with Gasteiger partial charge in [0.1, 0.15) is 11.5 Å². The zero-order valence-corrected chi connectivity index (χ0v) is 16.1. The SMILES string of the molecule is COC(=O)NC(=O)Nc1ccc2c(c1)C(=O)/C(=C/c1c[nH]c3ccc(OC)cc13)O2. The molecule has 0 fully saturated rings. The van der Waals surface area contributed by atoms with Crippen molar-refractivity contribution >= 4 is 40.6 Å². The molecule has 2 aromatic carbocycles. The number of hydrogen-bond acceptors (Lipinski definition) is 6. The van der Waals surface area contributed by atoms with Crippen LogP contribution < -0.4 is 20.1 Å². The van der Waals surface area contributed by atoms with E-state index in [0.29, 0.717) is 22.7 Å². The average molecular weight is 407 g/mol. The van der Waals surface area contributed by atoms with Crippen molar-refractivity contribution in [2.75, 3.05) is 19.5 Å². The number of carbonyl (C=O) groups is 3. The number of methoxy groups -OCH3 is 2. The van der Waals surface area contributed by atoms with E-state index in [1.54, 1.807) is 31.5 Å². The zero-order valence-electron chi connectivity index (χ0n) is 16.1. The number of nitrogens with one attached hydrogen (secondary N) is 3. The number of aromatic nitrogens is 1. The van der Waals surface area contributed by atoms with E-state index in [-0.39, 0.29) is 11.5 Å². The van der Waals surface area contributed by atoms with Crippen LogP contribution in [0.5, 0.6) is 11.5 Å². The van der Waals surface area contributed by atoms with E-state index in [1.165, 1.54) is 6.07 Å². The molecular formula is C21H17N3O6. The summed E-state index contributed by atoms with van der Waals surface area (Å²) >= 11 is 0. The molecular weight excluding hydrogens is 390 g/mol. The van der Waals surface area contributed by atoms with Crippen LogP contribution in [0.25, 0.3) is 17.0 Å². The molecule has 0 aliphatic carbocycles. The zero-order chi connectivity index (χ0) is 21.3. The number of imide groups is 1. The number of carbonyl (C=O) groups excluding carboxylic acids is 3. The van der Waals surface area contributed by atoms with Crippen molar-refractivity contribution in [3.8, 4) is 11.5 Å². The predicted octanol–water partition coefficient (Wildman–Crippen LogP) is 3.68. The fourth-order valence-electron chi connectivity index (χ4n) is 3.08. The van der Waals surface area contributed by atoms with Gasteiger partial charge in [-0.15, -0.1) is 0 Å². The Morgan fingerprint density at radius 1 is 1.13 bits per heavy atom. The third kappa shape index (κ3) is 3.55. The smallest absolute Gasteiger partial charge is 0.415 e. The van der Waals surface area contributed by atoms with Crippen molar-refractivity contribution in [3.05, 3.63) is 59.5 Å². The second kappa shape index (κ2) is 7.63. The molecule has 152 valence electrons. The highest BCUT2D eigenvalue weighted by molar-refractivity contribution is 6.16. The number of aromatic amines is 1. The molecule has 0 saturated carbocycles. The third-order valence-corrected chi connectivity index (χ3v) is 4.53. The summed E-state index contributed by atoms with van der Waals surface area (Å²) in [5.41, 5.74) is 2.30. The number of ketones is 1. The molecule has 0 unspecified atom stereocenters. The molecule has 0 saturated heterocycles. The number of rotatable bonds is 3. The summed E-state index contributed by atoms with van der Waals surface area (Å²) in [6.45, 7) is 0. The highest BCUT2D eigenvalue weighted by atomic mass is 16.5. The highest BCUT2D eigenvalue weighted by Crippen LogP contribution is 2.35. The van der Waals surface area contributed by atoms with E-state index in [4.69, 9.17) is 9.47 Å². The molecule has 0 atom stereocenters. The number of hydrogen-bond donors (Lipinski definition) is 3. The van der Waals surface area contributed by atoms with Gasteiger partial charge in [-0.3, -0.25) is 4.79 Å². The maximum Gasteiger partial charge on any atom is 0.415 e. The van der Waals surface area contributed by atoms with Gasteiger partial charge in [0.15, 0.2) is 5.76 Å². The van der Waals surface area contributed by atoms with Crippen molar-refractivity contribution in [2.45, 2.75) is 0 Å². The first kappa shape index (κ1) is 19.1. The molecule has 9 nitrogen and oxygen atoms in total. The first-order valence-corrected chi connectivity index (χ1v) is 8.88. The van der Waals surface area contributed by atoms with Gasteiger partial charge in [0.25, 0.3) is 0 Å². The second-order valence-corrected chi connectivity index (χ2v) is 6.38. The molecule has 3 N–H and O–H groups in total. The molecule has 0 radical (unpaired) electrons. The van der Waals surface area contributed by atoms with E-state index in [9.17, 15) is 14.4 Å². The lowest BCUT2D eigenvalue weighted by Gasteiger charge is -2.06. The first-order valence-electron chi connectivity index (χ1n) is 8.88. The highest BCUT2D eigenvalue weighted by Gasteiger charge is 2.28. The Kier molecular flexibility index (Phi) is 4.85. The van der Waals surface area contributed by atoms with Crippen LogP contribution in [0, 0.1) is 0 Å². The lowest BCUT2D eigenvalue weighted by molar-refractivity contribution is 0.101. The Balaban J connectivity index is 1.58. The van der Waals surface area contributed by atoms with Crippen LogP contribution in [0.3, 0.4) is 0 Å². The lowest BCUT2D eigenvalue weighted by Crippen LogP contribution is -2.34. The molecule has 0 spiro atoms. The van der Waals surface area contributed by atoms with Crippen LogP contribution in [-0.4, -0.2) is 37.1 Å². The van der Waals surface area contributed by atoms with Crippen molar-refractivity contribution < 1.29 is 28.6 Å². The van der Waals surface area contributed by atoms with Crippen molar-refractivity contribution in [3.63, 3.8) is 0 Å². The minimum absolute atomic E-state index is 0.157. The number of H-pyrrole nitrogens is 1. The fourth-order valence-corrected chi connectivity index (χ4v) is 3.08. The summed E-state index contributed by atoms with van der Waals surface area (Å²) in [5, 5.41) is 5.31. The number of alkyl carbamates (subject to hydrolysis) is 1. The Labute approximate surface area is 170 Å². The van der Waals surface area contributed by atoms with E-state index in [1.807, 2.05) is 23.5 Å². The van der Waals surface area contributed by atoms with Crippen LogP contribution in [0.1, 0.15) is 15.9 Å². The summed E-state index contributed by atoms with van der Waals surface area (Å²) in [4.78, 5) is 38.8.